The van der Waals surface area contributed by atoms with Gasteiger partial charge in [0.2, 0.25) is 5.91 Å². The summed E-state index contributed by atoms with van der Waals surface area (Å²) in [6, 6.07) is 21.8. The molecule has 2 heterocycles. The standard InChI is InChI=1S/C36H43N5O4/c1-36(2,3)45-35(43)38-30(20-25-12-14-27-9-5-6-10-28(27)19-25)22-33(42)40-16-7-11-29(24-40)34-39-31-15-13-26(23-37)21-32(31)41(34)17-8-18-44-4/h5-6,9-10,12-15,19,21,29-30H,7-8,11,16-18,20,22,24H2,1-4H3,(H,38,43)/t29-,30-/m1/s1. The van der Waals surface area contributed by atoms with E-state index < -0.39 is 17.7 Å². The summed E-state index contributed by atoms with van der Waals surface area (Å²) in [5.74, 6) is 0.990. The summed E-state index contributed by atoms with van der Waals surface area (Å²) in [6.07, 6.45) is 2.72. The van der Waals surface area contributed by atoms with Gasteiger partial charge in [0.1, 0.15) is 11.4 Å². The maximum absolute atomic E-state index is 13.9. The van der Waals surface area contributed by atoms with Gasteiger partial charge in [0.15, 0.2) is 0 Å². The molecule has 0 saturated carbocycles. The van der Waals surface area contributed by atoms with Gasteiger partial charge in [-0.3, -0.25) is 4.79 Å². The Kier molecular flexibility index (Phi) is 10.0. The van der Waals surface area contributed by atoms with Crippen LogP contribution < -0.4 is 5.32 Å². The van der Waals surface area contributed by atoms with E-state index in [1.807, 2.05) is 49.9 Å². The topological polar surface area (TPSA) is 109 Å². The number of aromatic nitrogens is 2. The second kappa shape index (κ2) is 14.1. The number of amides is 2. The highest BCUT2D eigenvalue weighted by Gasteiger charge is 2.31. The Morgan fingerprint density at radius 1 is 1.11 bits per heavy atom. The Balaban J connectivity index is 1.35. The molecule has 1 aliphatic rings. The fraction of sp³-hybridized carbons (Fsp3) is 0.444. The van der Waals surface area contributed by atoms with Gasteiger partial charge in [0, 0.05) is 51.7 Å². The summed E-state index contributed by atoms with van der Waals surface area (Å²) in [6.45, 7) is 8.02. The van der Waals surface area contributed by atoms with Crippen molar-refractivity contribution in [2.45, 2.75) is 77.0 Å². The van der Waals surface area contributed by atoms with Crippen LogP contribution in [0, 0.1) is 11.3 Å². The van der Waals surface area contributed by atoms with Crippen molar-refractivity contribution in [3.63, 3.8) is 0 Å². The van der Waals surface area contributed by atoms with Crippen LogP contribution in [-0.2, 0) is 27.2 Å². The Labute approximate surface area is 265 Å². The number of aryl methyl sites for hydroxylation is 1. The molecule has 9 heteroatoms. The van der Waals surface area contributed by atoms with Crippen LogP contribution in [0.1, 0.15) is 69.3 Å². The monoisotopic (exact) mass is 609 g/mol. The predicted octanol–water partition coefficient (Wildman–Crippen LogP) is 6.33. The average Bonchev–Trinajstić information content (AvgIpc) is 3.37. The molecule has 1 fully saturated rings. The van der Waals surface area contributed by atoms with Gasteiger partial charge in [-0.1, -0.05) is 42.5 Å². The van der Waals surface area contributed by atoms with E-state index in [2.05, 4.69) is 46.3 Å². The van der Waals surface area contributed by atoms with E-state index in [4.69, 9.17) is 14.5 Å². The van der Waals surface area contributed by atoms with E-state index in [1.165, 1.54) is 0 Å². The first-order chi connectivity index (χ1) is 21.6. The SMILES string of the molecule is COCCCn1c([C@@H]2CCCN(C(=O)C[C@@H](Cc3ccc4ccccc4c3)NC(=O)OC(C)(C)C)C2)nc2ccc(C#N)cc21. The van der Waals surface area contributed by atoms with Gasteiger partial charge in [-0.2, -0.15) is 5.26 Å². The van der Waals surface area contributed by atoms with Gasteiger partial charge in [0.25, 0.3) is 0 Å². The van der Waals surface area contributed by atoms with Crippen LogP contribution in [0.15, 0.2) is 60.7 Å². The number of carbonyl (C=O) groups excluding carboxylic acids is 2. The summed E-state index contributed by atoms with van der Waals surface area (Å²) in [4.78, 5) is 33.6. The molecular formula is C36H43N5O4. The zero-order chi connectivity index (χ0) is 32.0. The number of methoxy groups -OCH3 is 1. The Morgan fingerprint density at radius 3 is 2.67 bits per heavy atom. The molecule has 2 amide bonds. The fourth-order valence-corrected chi connectivity index (χ4v) is 6.18. The van der Waals surface area contributed by atoms with E-state index in [1.54, 1.807) is 13.2 Å². The second-order valence-electron chi connectivity index (χ2n) is 12.9. The van der Waals surface area contributed by atoms with Crippen molar-refractivity contribution in [2.24, 2.45) is 0 Å². The molecule has 5 rings (SSSR count). The average molecular weight is 610 g/mol. The molecule has 1 aliphatic heterocycles. The number of fused-ring (bicyclic) bond motifs is 2. The lowest BCUT2D eigenvalue weighted by Gasteiger charge is -2.34. The summed E-state index contributed by atoms with van der Waals surface area (Å²) >= 11 is 0. The number of benzene rings is 3. The molecule has 1 aromatic heterocycles. The lowest BCUT2D eigenvalue weighted by molar-refractivity contribution is -0.132. The molecule has 0 aliphatic carbocycles. The summed E-state index contributed by atoms with van der Waals surface area (Å²) in [5.41, 5.74) is 2.77. The molecule has 0 bridgehead atoms. The molecule has 0 radical (unpaired) electrons. The molecule has 1 saturated heterocycles. The lowest BCUT2D eigenvalue weighted by Crippen LogP contribution is -2.46. The molecule has 9 nitrogen and oxygen atoms in total. The first-order valence-electron chi connectivity index (χ1n) is 15.8. The Bertz CT molecular complexity index is 1700. The van der Waals surface area contributed by atoms with Crippen LogP contribution in [0.2, 0.25) is 0 Å². The normalized spacial score (nSPS) is 16.0. The Morgan fingerprint density at radius 2 is 1.91 bits per heavy atom. The smallest absolute Gasteiger partial charge is 0.407 e. The number of hydrogen-bond donors (Lipinski definition) is 1. The molecule has 0 unspecified atom stereocenters. The minimum atomic E-state index is -0.648. The first-order valence-corrected chi connectivity index (χ1v) is 15.8. The van der Waals surface area contributed by atoms with Crippen LogP contribution in [0.4, 0.5) is 4.79 Å². The molecule has 2 atom stereocenters. The van der Waals surface area contributed by atoms with Gasteiger partial charge in [0.05, 0.1) is 22.7 Å². The van der Waals surface area contributed by atoms with Crippen molar-refractivity contribution in [1.29, 1.82) is 5.26 Å². The molecule has 0 spiro atoms. The number of likely N-dealkylation sites (tertiary alicyclic amines) is 1. The summed E-state index contributed by atoms with van der Waals surface area (Å²) in [7, 11) is 1.69. The van der Waals surface area contributed by atoms with E-state index in [0.29, 0.717) is 38.2 Å². The molecule has 45 heavy (non-hydrogen) atoms. The number of rotatable bonds is 10. The van der Waals surface area contributed by atoms with E-state index in [0.717, 1.165) is 52.5 Å². The van der Waals surface area contributed by atoms with Crippen molar-refractivity contribution in [1.82, 2.24) is 19.8 Å². The minimum Gasteiger partial charge on any atom is -0.444 e. The summed E-state index contributed by atoms with van der Waals surface area (Å²) in [5, 5.41) is 14.7. The zero-order valence-electron chi connectivity index (χ0n) is 26.7. The van der Waals surface area contributed by atoms with E-state index in [-0.39, 0.29) is 18.2 Å². The summed E-state index contributed by atoms with van der Waals surface area (Å²) < 4.78 is 13.1. The number of ether oxygens (including phenoxy) is 2. The number of piperidine rings is 1. The third-order valence-corrected chi connectivity index (χ3v) is 8.21. The number of nitriles is 1. The number of hydrogen-bond acceptors (Lipinski definition) is 6. The number of carbonyl (C=O) groups is 2. The zero-order valence-corrected chi connectivity index (χ0v) is 26.7. The largest absolute Gasteiger partial charge is 0.444 e. The highest BCUT2D eigenvalue weighted by molar-refractivity contribution is 5.83. The maximum atomic E-state index is 13.9. The minimum absolute atomic E-state index is 0.00430. The highest BCUT2D eigenvalue weighted by atomic mass is 16.6. The third-order valence-electron chi connectivity index (χ3n) is 8.21. The number of nitrogens with one attached hydrogen (secondary N) is 1. The van der Waals surface area contributed by atoms with Gasteiger partial charge in [-0.25, -0.2) is 9.78 Å². The fourth-order valence-electron chi connectivity index (χ4n) is 6.18. The number of alkyl carbamates (subject to hydrolysis) is 1. The van der Waals surface area contributed by atoms with Crippen molar-refractivity contribution in [2.75, 3.05) is 26.8 Å². The third kappa shape index (κ3) is 8.20. The van der Waals surface area contributed by atoms with Crippen LogP contribution in [-0.4, -0.2) is 64.9 Å². The molecule has 3 aromatic carbocycles. The number of imidazole rings is 1. The van der Waals surface area contributed by atoms with Gasteiger partial charge in [-0.05, 0) is 81.0 Å². The van der Waals surface area contributed by atoms with E-state index in [9.17, 15) is 14.9 Å². The van der Waals surface area contributed by atoms with Gasteiger partial charge >= 0.3 is 6.09 Å². The van der Waals surface area contributed by atoms with Crippen molar-refractivity contribution in [3.8, 4) is 6.07 Å². The first kappa shape index (κ1) is 32.0. The second-order valence-corrected chi connectivity index (χ2v) is 12.9. The number of nitrogens with zero attached hydrogens (tertiary/aromatic N) is 4. The molecular weight excluding hydrogens is 566 g/mol. The highest BCUT2D eigenvalue weighted by Crippen LogP contribution is 2.31. The van der Waals surface area contributed by atoms with E-state index >= 15 is 0 Å². The quantitative estimate of drug-likeness (QED) is 0.211. The van der Waals surface area contributed by atoms with Crippen molar-refractivity contribution >= 4 is 33.8 Å². The molecule has 236 valence electrons. The lowest BCUT2D eigenvalue weighted by atomic mass is 9.95. The predicted molar refractivity (Wildman–Crippen MR) is 175 cm³/mol. The van der Waals surface area contributed by atoms with Gasteiger partial charge < -0.3 is 24.3 Å². The van der Waals surface area contributed by atoms with Crippen LogP contribution in [0.25, 0.3) is 21.8 Å². The van der Waals surface area contributed by atoms with Crippen molar-refractivity contribution < 1.29 is 19.1 Å². The van der Waals surface area contributed by atoms with Gasteiger partial charge in [-0.15, -0.1) is 0 Å². The van der Waals surface area contributed by atoms with Crippen LogP contribution >= 0.6 is 0 Å². The molecule has 1 N–H and O–H groups in total. The maximum Gasteiger partial charge on any atom is 0.407 e. The van der Waals surface area contributed by atoms with Crippen molar-refractivity contribution in [3.05, 3.63) is 77.6 Å². The molecule has 4 aromatic rings. The Hall–Kier alpha value is -4.42. The van der Waals surface area contributed by atoms with Crippen LogP contribution in [0.5, 0.6) is 0 Å². The van der Waals surface area contributed by atoms with Crippen LogP contribution in [0.3, 0.4) is 0 Å².